The molecule has 0 amide bonds. The summed E-state index contributed by atoms with van der Waals surface area (Å²) in [5.41, 5.74) is 0.979. The van der Waals surface area contributed by atoms with Gasteiger partial charge in [-0.1, -0.05) is 41.0 Å². The van der Waals surface area contributed by atoms with Gasteiger partial charge < -0.3 is 4.74 Å². The minimum absolute atomic E-state index is 0.293. The fourth-order valence-corrected chi connectivity index (χ4v) is 1.31. The Balaban J connectivity index is 1.95. The third kappa shape index (κ3) is 2.67. The molecule has 2 rings (SSSR count). The maximum absolute atomic E-state index is 11.6. The van der Waals surface area contributed by atoms with Gasteiger partial charge in [-0.05, 0) is 5.56 Å². The summed E-state index contributed by atoms with van der Waals surface area (Å²) in [7, 11) is 0. The minimum atomic E-state index is -0.371. The Hall–Kier alpha value is -2.16. The first kappa shape index (κ1) is 10.4. The number of hydrogen-bond acceptors (Lipinski definition) is 2. The van der Waals surface area contributed by atoms with Crippen molar-refractivity contribution in [2.45, 2.75) is 6.61 Å². The molecule has 0 aliphatic rings. The van der Waals surface area contributed by atoms with Crippen molar-refractivity contribution in [3.8, 4) is 0 Å². The van der Waals surface area contributed by atoms with Gasteiger partial charge >= 0.3 is 6.09 Å². The van der Waals surface area contributed by atoms with Crippen LogP contribution in [-0.2, 0) is 11.3 Å². The number of nitrogens with zero attached hydrogens (tertiary/aromatic N) is 1. The number of carbonyl (C=O) groups excluding carboxylic acids is 1. The molecule has 0 N–H and O–H groups in total. The van der Waals surface area contributed by atoms with Gasteiger partial charge in [-0.15, -0.1) is 0 Å². The Labute approximate surface area is 93.9 Å². The van der Waals surface area contributed by atoms with Crippen LogP contribution < -0.4 is 4.57 Å². The van der Waals surface area contributed by atoms with Gasteiger partial charge in [0.2, 0.25) is 0 Å². The van der Waals surface area contributed by atoms with Gasteiger partial charge in [0, 0.05) is 12.1 Å². The van der Waals surface area contributed by atoms with Crippen LogP contribution in [0.25, 0.3) is 0 Å². The second-order valence-electron chi connectivity index (χ2n) is 3.32. The van der Waals surface area contributed by atoms with Crippen LogP contribution in [0.2, 0.25) is 0 Å². The molecule has 1 aromatic heterocycles. The van der Waals surface area contributed by atoms with E-state index in [2.05, 4.69) is 0 Å². The molecule has 3 nitrogen and oxygen atoms in total. The van der Waals surface area contributed by atoms with Gasteiger partial charge in [-0.2, -0.15) is 4.79 Å². The number of hydrogen-bond donors (Lipinski definition) is 0. The van der Waals surface area contributed by atoms with E-state index in [0.717, 1.165) is 5.56 Å². The maximum Gasteiger partial charge on any atom is 0.602 e. The van der Waals surface area contributed by atoms with E-state index < -0.39 is 0 Å². The molecule has 80 valence electrons. The predicted octanol–water partition coefficient (Wildman–Crippen LogP) is 2.16. The second kappa shape index (κ2) is 5.07. The van der Waals surface area contributed by atoms with Crippen molar-refractivity contribution in [1.29, 1.82) is 0 Å². The molecular formula is C13H12NO2+. The lowest BCUT2D eigenvalue weighted by atomic mass is 10.2. The summed E-state index contributed by atoms with van der Waals surface area (Å²) in [6, 6.07) is 15.0. The molecule has 3 heteroatoms. The van der Waals surface area contributed by atoms with E-state index in [-0.39, 0.29) is 6.09 Å². The summed E-state index contributed by atoms with van der Waals surface area (Å²) in [5, 5.41) is 0. The zero-order valence-corrected chi connectivity index (χ0v) is 8.74. The number of ether oxygens (including phenoxy) is 1. The van der Waals surface area contributed by atoms with Gasteiger partial charge in [0.15, 0.2) is 12.4 Å². The average molecular weight is 214 g/mol. The highest BCUT2D eigenvalue weighted by Crippen LogP contribution is 2.00. The maximum atomic E-state index is 11.6. The molecule has 0 bridgehead atoms. The third-order valence-corrected chi connectivity index (χ3v) is 2.13. The molecule has 0 saturated heterocycles. The van der Waals surface area contributed by atoms with Crippen molar-refractivity contribution in [1.82, 2.24) is 0 Å². The van der Waals surface area contributed by atoms with Gasteiger partial charge in [-0.3, -0.25) is 0 Å². The van der Waals surface area contributed by atoms with Crippen molar-refractivity contribution in [3.63, 3.8) is 0 Å². The van der Waals surface area contributed by atoms with E-state index in [1.165, 1.54) is 4.57 Å². The van der Waals surface area contributed by atoms with Gasteiger partial charge in [0.05, 0.1) is 0 Å². The molecule has 2 aromatic rings. The molecule has 0 aliphatic heterocycles. The molecule has 1 aromatic carbocycles. The molecule has 0 unspecified atom stereocenters. The number of aromatic nitrogens is 1. The summed E-state index contributed by atoms with van der Waals surface area (Å²) in [6.07, 6.45) is 2.95. The van der Waals surface area contributed by atoms with Crippen LogP contribution in [0.4, 0.5) is 4.79 Å². The van der Waals surface area contributed by atoms with Gasteiger partial charge in [-0.25, -0.2) is 0 Å². The second-order valence-corrected chi connectivity index (χ2v) is 3.32. The molecule has 16 heavy (non-hydrogen) atoms. The lowest BCUT2D eigenvalue weighted by molar-refractivity contribution is -0.586. The Kier molecular flexibility index (Phi) is 3.28. The standard InChI is InChI=1S/C13H12NO2/c15-13(14-9-5-2-6-10-14)16-11-12-7-3-1-4-8-12/h1-10H,11H2/q+1. The lowest BCUT2D eigenvalue weighted by Crippen LogP contribution is -2.42. The summed E-state index contributed by atoms with van der Waals surface area (Å²) in [6.45, 7) is 0.293. The Bertz CT molecular complexity index is 454. The van der Waals surface area contributed by atoms with Gasteiger partial charge in [0.1, 0.15) is 6.61 Å². The SMILES string of the molecule is O=C(OCc1ccccc1)[n+]1ccccc1. The topological polar surface area (TPSA) is 30.2 Å². The molecule has 0 fully saturated rings. The van der Waals surface area contributed by atoms with Crippen molar-refractivity contribution < 1.29 is 14.1 Å². The Morgan fingerprint density at radius 2 is 1.62 bits per heavy atom. The summed E-state index contributed by atoms with van der Waals surface area (Å²) in [4.78, 5) is 11.6. The fourth-order valence-electron chi connectivity index (χ4n) is 1.31. The largest absolute Gasteiger partial charge is 0.602 e. The number of carbonyl (C=O) groups is 1. The molecule has 0 atom stereocenters. The van der Waals surface area contributed by atoms with Crippen molar-refractivity contribution in [2.24, 2.45) is 0 Å². The van der Waals surface area contributed by atoms with E-state index in [9.17, 15) is 4.79 Å². The highest BCUT2D eigenvalue weighted by Gasteiger charge is 2.14. The highest BCUT2D eigenvalue weighted by molar-refractivity contribution is 5.56. The van der Waals surface area contributed by atoms with Crippen LogP contribution >= 0.6 is 0 Å². The van der Waals surface area contributed by atoms with Crippen LogP contribution in [0.5, 0.6) is 0 Å². The predicted molar refractivity (Wildman–Crippen MR) is 58.7 cm³/mol. The first-order chi connectivity index (χ1) is 7.86. The Morgan fingerprint density at radius 1 is 1.00 bits per heavy atom. The summed E-state index contributed by atoms with van der Waals surface area (Å²) < 4.78 is 6.54. The lowest BCUT2D eigenvalue weighted by Gasteiger charge is -1.99. The number of rotatable bonds is 2. The van der Waals surface area contributed by atoms with E-state index >= 15 is 0 Å². The Morgan fingerprint density at radius 3 is 2.31 bits per heavy atom. The van der Waals surface area contributed by atoms with E-state index in [4.69, 9.17) is 4.74 Å². The first-order valence-corrected chi connectivity index (χ1v) is 5.03. The monoisotopic (exact) mass is 214 g/mol. The zero-order chi connectivity index (χ0) is 11.2. The van der Waals surface area contributed by atoms with Crippen LogP contribution in [0.1, 0.15) is 5.56 Å². The molecule has 0 spiro atoms. The fraction of sp³-hybridized carbons (Fsp3) is 0.0769. The summed E-state index contributed by atoms with van der Waals surface area (Å²) in [5.74, 6) is 0. The molecular weight excluding hydrogens is 202 g/mol. The van der Waals surface area contributed by atoms with Crippen LogP contribution in [0, 0.1) is 0 Å². The molecule has 0 saturated carbocycles. The van der Waals surface area contributed by atoms with Crippen molar-refractivity contribution in [2.75, 3.05) is 0 Å². The molecule has 0 aliphatic carbocycles. The molecule has 0 radical (unpaired) electrons. The minimum Gasteiger partial charge on any atom is -0.407 e. The zero-order valence-electron chi connectivity index (χ0n) is 8.74. The first-order valence-electron chi connectivity index (χ1n) is 5.03. The number of pyridine rings is 1. The normalized spacial score (nSPS) is 9.75. The van der Waals surface area contributed by atoms with E-state index in [1.807, 2.05) is 36.4 Å². The van der Waals surface area contributed by atoms with Crippen LogP contribution in [-0.4, -0.2) is 6.09 Å². The number of benzene rings is 1. The third-order valence-electron chi connectivity index (χ3n) is 2.13. The van der Waals surface area contributed by atoms with E-state index in [0.29, 0.717) is 6.61 Å². The van der Waals surface area contributed by atoms with Crippen molar-refractivity contribution in [3.05, 3.63) is 66.5 Å². The average Bonchev–Trinajstić information content (AvgIpc) is 2.38. The van der Waals surface area contributed by atoms with Gasteiger partial charge in [0.25, 0.3) is 0 Å². The van der Waals surface area contributed by atoms with Crippen LogP contribution in [0.3, 0.4) is 0 Å². The van der Waals surface area contributed by atoms with Crippen molar-refractivity contribution >= 4 is 6.09 Å². The smallest absolute Gasteiger partial charge is 0.407 e. The molecule has 1 heterocycles. The van der Waals surface area contributed by atoms with Crippen LogP contribution in [0.15, 0.2) is 60.9 Å². The van der Waals surface area contributed by atoms with E-state index in [1.54, 1.807) is 24.5 Å². The quantitative estimate of drug-likeness (QED) is 0.717. The summed E-state index contributed by atoms with van der Waals surface area (Å²) >= 11 is 0. The highest BCUT2D eigenvalue weighted by atomic mass is 16.5.